The van der Waals surface area contributed by atoms with E-state index < -0.39 is 0 Å². The monoisotopic (exact) mass is 358 g/mol. The molecule has 0 spiro atoms. The van der Waals surface area contributed by atoms with Gasteiger partial charge in [0.2, 0.25) is 6.71 Å². The summed E-state index contributed by atoms with van der Waals surface area (Å²) in [7, 11) is 6.70. The zero-order valence-electron chi connectivity index (χ0n) is 16.2. The second kappa shape index (κ2) is 6.33. The molecular formula is C23H25BNS+. The Bertz CT molecular complexity index is 919. The van der Waals surface area contributed by atoms with Gasteiger partial charge in [0.25, 0.3) is 0 Å². The third kappa shape index (κ3) is 2.89. The van der Waals surface area contributed by atoms with Crippen molar-refractivity contribution in [3.63, 3.8) is 0 Å². The number of aryl methyl sites for hydroxylation is 2. The average molecular weight is 358 g/mol. The van der Waals surface area contributed by atoms with E-state index in [0.29, 0.717) is 6.71 Å². The highest BCUT2D eigenvalue weighted by Gasteiger charge is 2.33. The van der Waals surface area contributed by atoms with Crippen LogP contribution in [0, 0.1) is 13.8 Å². The van der Waals surface area contributed by atoms with Gasteiger partial charge in [0.15, 0.2) is 0 Å². The largest absolute Gasteiger partial charge is 0.298 e. The number of rotatable bonds is 2. The van der Waals surface area contributed by atoms with Crippen molar-refractivity contribution in [1.82, 2.24) is 4.48 Å². The minimum atomic E-state index is 0.310. The molecule has 0 N–H and O–H groups in total. The molecular weight excluding hydrogens is 333 g/mol. The zero-order chi connectivity index (χ0) is 18.5. The summed E-state index contributed by atoms with van der Waals surface area (Å²) in [6, 6.07) is 22.5. The Hall–Kier alpha value is -1.97. The summed E-state index contributed by atoms with van der Waals surface area (Å²) in [4.78, 5) is 2.76. The molecule has 0 fully saturated rings. The van der Waals surface area contributed by atoms with E-state index in [1.807, 2.05) is 11.8 Å². The van der Waals surface area contributed by atoms with Gasteiger partial charge in [-0.3, -0.25) is 4.48 Å². The first-order valence-corrected chi connectivity index (χ1v) is 9.97. The molecule has 0 aromatic heterocycles. The summed E-state index contributed by atoms with van der Waals surface area (Å²) in [6.45, 7) is 4.85. The van der Waals surface area contributed by atoms with Crippen LogP contribution in [0.4, 0.5) is 5.69 Å². The van der Waals surface area contributed by atoms with Gasteiger partial charge in [0.1, 0.15) is 5.69 Å². The van der Waals surface area contributed by atoms with E-state index in [4.69, 9.17) is 0 Å². The average Bonchev–Trinajstić information content (AvgIpc) is 2.59. The molecule has 1 aliphatic heterocycles. The first-order valence-electron chi connectivity index (χ1n) is 9.15. The predicted octanol–water partition coefficient (Wildman–Crippen LogP) is 3.48. The van der Waals surface area contributed by atoms with E-state index in [0.717, 1.165) is 4.48 Å². The van der Waals surface area contributed by atoms with Gasteiger partial charge in [-0.15, -0.1) is 0 Å². The van der Waals surface area contributed by atoms with Crippen molar-refractivity contribution in [2.45, 2.75) is 23.6 Å². The van der Waals surface area contributed by atoms with Gasteiger partial charge >= 0.3 is 0 Å². The topological polar surface area (TPSA) is 0 Å². The third-order valence-corrected chi connectivity index (χ3v) is 6.51. The Balaban J connectivity index is 1.97. The van der Waals surface area contributed by atoms with Crippen LogP contribution in [0.15, 0.2) is 70.5 Å². The van der Waals surface area contributed by atoms with E-state index in [1.165, 1.54) is 43.0 Å². The molecule has 0 radical (unpaired) electrons. The smallest absolute Gasteiger partial charge is 0.244 e. The molecule has 4 rings (SSSR count). The summed E-state index contributed by atoms with van der Waals surface area (Å²) >= 11 is 1.90. The highest BCUT2D eigenvalue weighted by atomic mass is 32.2. The second-order valence-corrected chi connectivity index (χ2v) is 9.20. The van der Waals surface area contributed by atoms with Crippen molar-refractivity contribution in [3.05, 3.63) is 71.8 Å². The lowest BCUT2D eigenvalue weighted by Gasteiger charge is -2.30. The van der Waals surface area contributed by atoms with E-state index in [-0.39, 0.29) is 0 Å². The van der Waals surface area contributed by atoms with E-state index >= 15 is 0 Å². The van der Waals surface area contributed by atoms with Crippen LogP contribution in [0.2, 0.25) is 0 Å². The quantitative estimate of drug-likeness (QED) is 0.391. The second-order valence-electron chi connectivity index (χ2n) is 8.12. The van der Waals surface area contributed by atoms with Crippen molar-refractivity contribution in [2.24, 2.45) is 0 Å². The van der Waals surface area contributed by atoms with Crippen LogP contribution in [0.25, 0.3) is 0 Å². The maximum absolute atomic E-state index is 2.37. The van der Waals surface area contributed by atoms with Gasteiger partial charge in [0, 0.05) is 21.9 Å². The molecule has 0 amide bonds. The lowest BCUT2D eigenvalue weighted by molar-refractivity contribution is 0.486. The van der Waals surface area contributed by atoms with Crippen LogP contribution < -0.4 is 20.9 Å². The molecule has 3 heteroatoms. The number of nitrogens with zero attached hydrogens (tertiary/aromatic N) is 1. The van der Waals surface area contributed by atoms with Crippen LogP contribution in [0.3, 0.4) is 0 Å². The molecule has 0 atom stereocenters. The third-order valence-electron chi connectivity index (χ3n) is 5.32. The molecule has 3 aromatic rings. The fraction of sp³-hybridized carbons (Fsp3) is 0.217. The van der Waals surface area contributed by atoms with E-state index in [2.05, 4.69) is 95.7 Å². The number of quaternary nitrogens is 1. The van der Waals surface area contributed by atoms with Gasteiger partial charge < -0.3 is 0 Å². The lowest BCUT2D eigenvalue weighted by Crippen LogP contribution is -2.56. The SMILES string of the molecule is Cc1cc([N+](C)(C)C)cc(C)c1B1c2ccccc2Sc2ccccc21. The molecule has 3 aromatic carbocycles. The summed E-state index contributed by atoms with van der Waals surface area (Å²) in [5.41, 5.74) is 8.45. The van der Waals surface area contributed by atoms with Gasteiger partial charge in [0.05, 0.1) is 21.1 Å². The van der Waals surface area contributed by atoms with Crippen molar-refractivity contribution < 1.29 is 0 Å². The fourth-order valence-electron chi connectivity index (χ4n) is 4.02. The molecule has 1 nitrogen and oxygen atoms in total. The minimum Gasteiger partial charge on any atom is -0.298 e. The minimum absolute atomic E-state index is 0.310. The van der Waals surface area contributed by atoms with Gasteiger partial charge in [-0.1, -0.05) is 64.5 Å². The lowest BCUT2D eigenvalue weighted by atomic mass is 9.35. The Labute approximate surface area is 161 Å². The molecule has 0 saturated carbocycles. The van der Waals surface area contributed by atoms with E-state index in [9.17, 15) is 0 Å². The Morgan fingerprint density at radius 2 is 1.19 bits per heavy atom. The molecule has 0 saturated heterocycles. The van der Waals surface area contributed by atoms with Crippen LogP contribution >= 0.6 is 11.8 Å². The molecule has 1 heterocycles. The highest BCUT2D eigenvalue weighted by Crippen LogP contribution is 2.30. The van der Waals surface area contributed by atoms with Crippen molar-refractivity contribution >= 4 is 40.6 Å². The normalized spacial score (nSPS) is 13.3. The zero-order valence-corrected chi connectivity index (χ0v) is 17.0. The number of hydrogen-bond acceptors (Lipinski definition) is 1. The van der Waals surface area contributed by atoms with E-state index in [1.54, 1.807) is 0 Å². The molecule has 0 unspecified atom stereocenters. The summed E-state index contributed by atoms with van der Waals surface area (Å²) in [5.74, 6) is 0. The highest BCUT2D eigenvalue weighted by molar-refractivity contribution is 8.00. The number of benzene rings is 3. The first-order chi connectivity index (χ1) is 12.4. The Morgan fingerprint density at radius 3 is 1.65 bits per heavy atom. The molecule has 0 aliphatic carbocycles. The molecule has 1 aliphatic rings. The van der Waals surface area contributed by atoms with Crippen molar-refractivity contribution in [3.8, 4) is 0 Å². The summed E-state index contributed by atoms with van der Waals surface area (Å²) in [5, 5.41) is 0. The van der Waals surface area contributed by atoms with Crippen LogP contribution in [-0.4, -0.2) is 27.9 Å². The van der Waals surface area contributed by atoms with Gasteiger partial charge in [-0.2, -0.15) is 0 Å². The van der Waals surface area contributed by atoms with Crippen LogP contribution in [0.1, 0.15) is 11.1 Å². The molecule has 130 valence electrons. The number of hydrogen-bond donors (Lipinski definition) is 0. The fourth-order valence-corrected chi connectivity index (χ4v) is 5.15. The summed E-state index contributed by atoms with van der Waals surface area (Å²) < 4.78 is 0.843. The summed E-state index contributed by atoms with van der Waals surface area (Å²) in [6.07, 6.45) is 0. The van der Waals surface area contributed by atoms with Crippen LogP contribution in [-0.2, 0) is 0 Å². The van der Waals surface area contributed by atoms with Gasteiger partial charge in [-0.25, -0.2) is 0 Å². The number of fused-ring (bicyclic) bond motifs is 2. The Kier molecular flexibility index (Phi) is 4.25. The maximum atomic E-state index is 2.37. The molecule has 0 bridgehead atoms. The first kappa shape index (κ1) is 17.4. The van der Waals surface area contributed by atoms with Crippen molar-refractivity contribution in [1.29, 1.82) is 0 Å². The van der Waals surface area contributed by atoms with Crippen molar-refractivity contribution in [2.75, 3.05) is 21.1 Å². The predicted molar refractivity (Wildman–Crippen MR) is 117 cm³/mol. The van der Waals surface area contributed by atoms with Gasteiger partial charge in [-0.05, 0) is 37.1 Å². The maximum Gasteiger partial charge on any atom is 0.244 e. The Morgan fingerprint density at radius 1 is 0.731 bits per heavy atom. The standard InChI is InChI=1S/C23H25BNS/c1-16-14-18(25(3,4)5)15-17(2)23(16)24-19-10-6-8-12-21(19)26-22-13-9-7-11-20(22)24/h6-15H,1-5H3/q+1. The van der Waals surface area contributed by atoms with Crippen LogP contribution in [0.5, 0.6) is 0 Å². The molecule has 26 heavy (non-hydrogen) atoms.